The Morgan fingerprint density at radius 3 is 2.43 bits per heavy atom. The summed E-state index contributed by atoms with van der Waals surface area (Å²) < 4.78 is 33.2. The van der Waals surface area contributed by atoms with Crippen molar-refractivity contribution in [2.45, 2.75) is 45.3 Å². The molecule has 1 saturated heterocycles. The molecule has 0 aliphatic carbocycles. The fourth-order valence-corrected chi connectivity index (χ4v) is 3.92. The number of hydrogen-bond donors (Lipinski definition) is 1. The molecule has 0 saturated carbocycles. The molecule has 0 aromatic heterocycles. The van der Waals surface area contributed by atoms with Gasteiger partial charge in [0.05, 0.1) is 25.0 Å². The normalized spacial score (nSPS) is 25.0. The smallest absolute Gasteiger partial charge is 0.407 e. The minimum atomic E-state index is -3.22. The Morgan fingerprint density at radius 2 is 1.90 bits per heavy atom. The Labute approximate surface area is 125 Å². The lowest BCUT2D eigenvalue weighted by Crippen LogP contribution is -2.50. The lowest BCUT2D eigenvalue weighted by atomic mass is 9.94. The quantitative estimate of drug-likeness (QED) is 0.775. The molecule has 1 fully saturated rings. The summed E-state index contributed by atoms with van der Waals surface area (Å²) in [6.45, 7) is 5.16. The van der Waals surface area contributed by atoms with Gasteiger partial charge in [-0.15, -0.1) is 0 Å². The highest BCUT2D eigenvalue weighted by molar-refractivity contribution is 7.91. The van der Waals surface area contributed by atoms with Gasteiger partial charge in [0.25, 0.3) is 0 Å². The Balaban J connectivity index is 2.75. The number of alkyl carbamates (subject to hydrolysis) is 1. The summed E-state index contributed by atoms with van der Waals surface area (Å²) in [5, 5.41) is 2.56. The molecule has 7 nitrogen and oxygen atoms in total. The fraction of sp³-hybridized carbons (Fsp3) is 0.846. The highest BCUT2D eigenvalue weighted by Gasteiger charge is 2.36. The second-order valence-electron chi connectivity index (χ2n) is 6.20. The Morgan fingerprint density at radius 1 is 1.29 bits per heavy atom. The van der Waals surface area contributed by atoms with Gasteiger partial charge >= 0.3 is 12.1 Å². The fourth-order valence-electron chi connectivity index (χ4n) is 2.19. The third kappa shape index (κ3) is 6.33. The van der Waals surface area contributed by atoms with Crippen molar-refractivity contribution in [1.29, 1.82) is 0 Å². The van der Waals surface area contributed by atoms with Crippen molar-refractivity contribution >= 4 is 21.9 Å². The van der Waals surface area contributed by atoms with Crippen molar-refractivity contribution in [3.05, 3.63) is 0 Å². The van der Waals surface area contributed by atoms with Crippen LogP contribution in [0, 0.1) is 5.92 Å². The molecule has 0 bridgehead atoms. The van der Waals surface area contributed by atoms with Crippen molar-refractivity contribution in [2.75, 3.05) is 18.6 Å². The first-order chi connectivity index (χ1) is 9.52. The van der Waals surface area contributed by atoms with Gasteiger partial charge in [0.1, 0.15) is 5.60 Å². The maximum atomic E-state index is 11.8. The van der Waals surface area contributed by atoms with Crippen LogP contribution in [0.1, 0.15) is 33.6 Å². The zero-order chi connectivity index (χ0) is 16.3. The number of carbonyl (C=O) groups excluding carboxylic acids is 2. The standard InChI is InChI=1S/C13H23NO6S/c1-13(2,3)20-12(16)14-10-8-21(17,18)6-5-9(10)7-11(15)19-4/h9-10H,5-8H2,1-4H3,(H,14,16)/t9-,10+/m0/s1. The summed E-state index contributed by atoms with van der Waals surface area (Å²) in [6.07, 6.45) is -0.288. The van der Waals surface area contributed by atoms with E-state index in [1.807, 2.05) is 0 Å². The average molecular weight is 321 g/mol. The zero-order valence-electron chi connectivity index (χ0n) is 12.8. The molecule has 0 spiro atoms. The molecule has 0 radical (unpaired) electrons. The number of carbonyl (C=O) groups is 2. The maximum absolute atomic E-state index is 11.8. The van der Waals surface area contributed by atoms with Crippen LogP contribution in [-0.4, -0.2) is 50.7 Å². The van der Waals surface area contributed by atoms with E-state index in [0.29, 0.717) is 6.42 Å². The van der Waals surface area contributed by atoms with Crippen LogP contribution in [0.5, 0.6) is 0 Å². The molecule has 1 aliphatic heterocycles. The minimum absolute atomic E-state index is 0.0150. The predicted molar refractivity (Wildman–Crippen MR) is 76.6 cm³/mol. The van der Waals surface area contributed by atoms with Crippen LogP contribution in [0.2, 0.25) is 0 Å². The Hall–Kier alpha value is -1.31. The SMILES string of the molecule is COC(=O)C[C@@H]1CCS(=O)(=O)C[C@H]1NC(=O)OC(C)(C)C. The van der Waals surface area contributed by atoms with E-state index >= 15 is 0 Å². The predicted octanol–water partition coefficient (Wildman–Crippen LogP) is 0.877. The molecule has 0 aromatic carbocycles. The Bertz CT molecular complexity index is 493. The minimum Gasteiger partial charge on any atom is -0.469 e. The molecule has 2 atom stereocenters. The van der Waals surface area contributed by atoms with E-state index in [4.69, 9.17) is 4.74 Å². The molecule has 21 heavy (non-hydrogen) atoms. The van der Waals surface area contributed by atoms with Crippen LogP contribution in [0.15, 0.2) is 0 Å². The first-order valence-electron chi connectivity index (χ1n) is 6.79. The third-order valence-corrected chi connectivity index (χ3v) is 4.89. The van der Waals surface area contributed by atoms with Gasteiger partial charge < -0.3 is 14.8 Å². The number of nitrogens with one attached hydrogen (secondary N) is 1. The summed E-state index contributed by atoms with van der Waals surface area (Å²) in [7, 11) is -1.94. The van der Waals surface area contributed by atoms with E-state index in [2.05, 4.69) is 10.1 Å². The third-order valence-electron chi connectivity index (χ3n) is 3.16. The number of rotatable bonds is 3. The van der Waals surface area contributed by atoms with E-state index in [1.54, 1.807) is 20.8 Å². The molecule has 0 unspecified atom stereocenters. The van der Waals surface area contributed by atoms with E-state index in [0.717, 1.165) is 0 Å². The molecule has 1 aliphatic rings. The van der Waals surface area contributed by atoms with Gasteiger partial charge in [-0.3, -0.25) is 4.79 Å². The summed E-state index contributed by atoms with van der Waals surface area (Å²) in [5.41, 5.74) is -0.671. The second kappa shape index (κ2) is 6.64. The Kier molecular flexibility index (Phi) is 5.61. The van der Waals surface area contributed by atoms with Gasteiger partial charge in [-0.25, -0.2) is 13.2 Å². The monoisotopic (exact) mass is 321 g/mol. The molecule has 8 heteroatoms. The lowest BCUT2D eigenvalue weighted by molar-refractivity contribution is -0.142. The summed E-state index contributed by atoms with van der Waals surface area (Å²) in [5.74, 6) is -0.863. The van der Waals surface area contributed by atoms with Crippen LogP contribution < -0.4 is 5.32 Å². The van der Waals surface area contributed by atoms with E-state index in [-0.39, 0.29) is 23.8 Å². The van der Waals surface area contributed by atoms with Gasteiger partial charge in [-0.2, -0.15) is 0 Å². The van der Waals surface area contributed by atoms with Gasteiger partial charge in [0.2, 0.25) is 0 Å². The molecular formula is C13H23NO6S. The molecule has 122 valence electrons. The van der Waals surface area contributed by atoms with Gasteiger partial charge in [0, 0.05) is 6.04 Å². The molecule has 1 N–H and O–H groups in total. The number of ether oxygens (including phenoxy) is 2. The zero-order valence-corrected chi connectivity index (χ0v) is 13.7. The van der Waals surface area contributed by atoms with Crippen LogP contribution in [0.25, 0.3) is 0 Å². The highest BCUT2D eigenvalue weighted by Crippen LogP contribution is 2.23. The number of sulfone groups is 1. The largest absolute Gasteiger partial charge is 0.469 e. The molecule has 1 amide bonds. The van der Waals surface area contributed by atoms with E-state index in [1.165, 1.54) is 7.11 Å². The van der Waals surface area contributed by atoms with Crippen LogP contribution >= 0.6 is 0 Å². The maximum Gasteiger partial charge on any atom is 0.407 e. The lowest BCUT2D eigenvalue weighted by Gasteiger charge is -2.32. The van der Waals surface area contributed by atoms with Crippen molar-refractivity contribution in [1.82, 2.24) is 5.32 Å². The van der Waals surface area contributed by atoms with Gasteiger partial charge in [0.15, 0.2) is 9.84 Å². The molecule has 1 heterocycles. The number of hydrogen-bond acceptors (Lipinski definition) is 6. The summed E-state index contributed by atoms with van der Waals surface area (Å²) in [4.78, 5) is 23.2. The van der Waals surface area contributed by atoms with Crippen molar-refractivity contribution in [3.63, 3.8) is 0 Å². The number of amides is 1. The van der Waals surface area contributed by atoms with Crippen LogP contribution in [-0.2, 0) is 24.1 Å². The number of esters is 1. The topological polar surface area (TPSA) is 98.8 Å². The van der Waals surface area contributed by atoms with E-state index in [9.17, 15) is 18.0 Å². The molecule has 0 aromatic rings. The van der Waals surface area contributed by atoms with Crippen molar-refractivity contribution in [3.8, 4) is 0 Å². The van der Waals surface area contributed by atoms with Crippen LogP contribution in [0.3, 0.4) is 0 Å². The molecular weight excluding hydrogens is 298 g/mol. The average Bonchev–Trinajstić information content (AvgIpc) is 2.29. The first kappa shape index (κ1) is 17.7. The number of methoxy groups -OCH3 is 1. The van der Waals surface area contributed by atoms with E-state index < -0.39 is 33.5 Å². The van der Waals surface area contributed by atoms with Crippen LogP contribution in [0.4, 0.5) is 4.79 Å². The van der Waals surface area contributed by atoms with Gasteiger partial charge in [-0.05, 0) is 33.1 Å². The summed E-state index contributed by atoms with van der Waals surface area (Å²) >= 11 is 0. The van der Waals surface area contributed by atoms with Crippen molar-refractivity contribution < 1.29 is 27.5 Å². The summed E-state index contributed by atoms with van der Waals surface area (Å²) in [6, 6.07) is -0.641. The second-order valence-corrected chi connectivity index (χ2v) is 8.42. The van der Waals surface area contributed by atoms with Gasteiger partial charge in [-0.1, -0.05) is 0 Å². The molecule has 1 rings (SSSR count). The highest BCUT2D eigenvalue weighted by atomic mass is 32.2. The van der Waals surface area contributed by atoms with Crippen molar-refractivity contribution in [2.24, 2.45) is 5.92 Å². The first-order valence-corrected chi connectivity index (χ1v) is 8.61.